The van der Waals surface area contributed by atoms with E-state index in [1.54, 1.807) is 30.3 Å². The molecule has 1 rings (SSSR count). The summed E-state index contributed by atoms with van der Waals surface area (Å²) in [5.74, 6) is 4.64. The van der Waals surface area contributed by atoms with E-state index in [0.717, 1.165) is 0 Å². The number of nitrogens with two attached hydrogens (primary N) is 1. The molecule has 0 fully saturated rings. The van der Waals surface area contributed by atoms with Gasteiger partial charge in [-0.25, -0.2) is 4.79 Å². The monoisotopic (exact) mass is 192 g/mol. The summed E-state index contributed by atoms with van der Waals surface area (Å²) in [7, 11) is 0. The summed E-state index contributed by atoms with van der Waals surface area (Å²) in [6.07, 6.45) is 0. The number of carbonyl (C=O) groups excluding carboxylic acids is 2. The Labute approximate surface area is 80.1 Å². The molecule has 72 valence electrons. The highest BCUT2D eigenvalue weighted by molar-refractivity contribution is 6.07. The van der Waals surface area contributed by atoms with Crippen LogP contribution in [0, 0.1) is 0 Å². The maximum absolute atomic E-state index is 11.2. The normalized spacial score (nSPS) is 8.64. The summed E-state index contributed by atoms with van der Waals surface area (Å²) in [4.78, 5) is 25.3. The maximum Gasteiger partial charge on any atom is 0.305 e. The second-order valence-corrected chi connectivity index (χ2v) is 2.37. The van der Waals surface area contributed by atoms with Crippen molar-refractivity contribution in [2.75, 3.05) is 5.32 Å². The van der Waals surface area contributed by atoms with Gasteiger partial charge >= 0.3 is 5.91 Å². The van der Waals surface area contributed by atoms with Crippen molar-refractivity contribution in [1.82, 2.24) is 0 Å². The smallest absolute Gasteiger partial charge is 0.305 e. The second kappa shape index (κ2) is 4.81. The van der Waals surface area contributed by atoms with Crippen molar-refractivity contribution in [3.8, 4) is 0 Å². The highest BCUT2D eigenvalue weighted by atomic mass is 16.6. The number of para-hydroxylation sites is 1. The lowest BCUT2D eigenvalue weighted by atomic mass is 10.3. The molecule has 0 aromatic heterocycles. The van der Waals surface area contributed by atoms with Crippen LogP contribution in [0.5, 0.6) is 0 Å². The number of amides is 1. The summed E-state index contributed by atoms with van der Waals surface area (Å²) >= 11 is 0. The van der Waals surface area contributed by atoms with Gasteiger partial charge in [-0.05, 0) is 12.1 Å². The van der Waals surface area contributed by atoms with Gasteiger partial charge in [0.25, 0.3) is 5.76 Å². The lowest BCUT2D eigenvalue weighted by molar-refractivity contribution is -0.115. The highest BCUT2D eigenvalue weighted by Gasteiger charge is 2.11. The SMILES string of the molecule is NOC(=C=O)C(=O)Nc1ccccc1. The summed E-state index contributed by atoms with van der Waals surface area (Å²) in [6, 6.07) is 8.60. The number of hydrogen-bond acceptors (Lipinski definition) is 4. The maximum atomic E-state index is 11.2. The fourth-order valence-corrected chi connectivity index (χ4v) is 0.833. The molecule has 5 heteroatoms. The van der Waals surface area contributed by atoms with Gasteiger partial charge in [-0.3, -0.25) is 4.79 Å². The Morgan fingerprint density at radius 3 is 2.50 bits per heavy atom. The lowest BCUT2D eigenvalue weighted by Gasteiger charge is -2.03. The number of hydrogen-bond donors (Lipinski definition) is 2. The molecule has 1 aromatic rings. The topological polar surface area (TPSA) is 81.4 Å². The first-order chi connectivity index (χ1) is 6.77. The van der Waals surface area contributed by atoms with Crippen molar-refractivity contribution in [2.24, 2.45) is 5.90 Å². The lowest BCUT2D eigenvalue weighted by Crippen LogP contribution is -2.19. The fourth-order valence-electron chi connectivity index (χ4n) is 0.833. The van der Waals surface area contributed by atoms with Gasteiger partial charge in [-0.15, -0.1) is 0 Å². The third-order valence-corrected chi connectivity index (χ3v) is 1.45. The second-order valence-electron chi connectivity index (χ2n) is 2.37. The predicted molar refractivity (Wildman–Crippen MR) is 49.6 cm³/mol. The van der Waals surface area contributed by atoms with Crippen molar-refractivity contribution >= 4 is 17.5 Å². The van der Waals surface area contributed by atoms with Crippen LogP contribution in [-0.4, -0.2) is 11.8 Å². The molecule has 1 aromatic carbocycles. The molecule has 0 aliphatic carbocycles. The predicted octanol–water partition coefficient (Wildman–Crippen LogP) is 0.231. The van der Waals surface area contributed by atoms with E-state index in [0.29, 0.717) is 5.69 Å². The van der Waals surface area contributed by atoms with Crippen molar-refractivity contribution < 1.29 is 14.4 Å². The quantitative estimate of drug-likeness (QED) is 0.311. The van der Waals surface area contributed by atoms with E-state index in [-0.39, 0.29) is 0 Å². The molecule has 0 radical (unpaired) electrons. The van der Waals surface area contributed by atoms with Gasteiger partial charge in [-0.1, -0.05) is 18.2 Å². The Balaban J connectivity index is 2.71. The van der Waals surface area contributed by atoms with Crippen LogP contribution in [0.3, 0.4) is 0 Å². The molecule has 0 aliphatic heterocycles. The van der Waals surface area contributed by atoms with Gasteiger partial charge in [0.1, 0.15) is 0 Å². The first-order valence-corrected chi connectivity index (χ1v) is 3.76. The van der Waals surface area contributed by atoms with Crippen LogP contribution in [0.1, 0.15) is 0 Å². The molecule has 3 N–H and O–H groups in total. The minimum atomic E-state index is -0.728. The number of carbonyl (C=O) groups is 1. The molecule has 0 atom stereocenters. The van der Waals surface area contributed by atoms with Gasteiger partial charge in [0.2, 0.25) is 0 Å². The number of rotatable bonds is 3. The molecular formula is C9H8N2O3. The van der Waals surface area contributed by atoms with Crippen LogP contribution >= 0.6 is 0 Å². The Kier molecular flexibility index (Phi) is 3.43. The van der Waals surface area contributed by atoms with Crippen LogP contribution in [-0.2, 0) is 14.4 Å². The molecule has 0 heterocycles. The molecule has 0 bridgehead atoms. The zero-order chi connectivity index (χ0) is 10.4. The van der Waals surface area contributed by atoms with E-state index < -0.39 is 11.7 Å². The molecule has 0 saturated heterocycles. The van der Waals surface area contributed by atoms with Crippen molar-refractivity contribution in [2.45, 2.75) is 0 Å². The Bertz CT molecular complexity index is 369. The molecule has 0 saturated carbocycles. The Morgan fingerprint density at radius 1 is 1.36 bits per heavy atom. The molecule has 0 spiro atoms. The number of nitrogens with one attached hydrogen (secondary N) is 1. The molecule has 14 heavy (non-hydrogen) atoms. The average molecular weight is 192 g/mol. The zero-order valence-electron chi connectivity index (χ0n) is 7.19. The molecule has 0 aliphatic rings. The van der Waals surface area contributed by atoms with E-state index >= 15 is 0 Å². The van der Waals surface area contributed by atoms with E-state index in [1.807, 2.05) is 0 Å². The van der Waals surface area contributed by atoms with Crippen LogP contribution in [0.15, 0.2) is 36.1 Å². The van der Waals surface area contributed by atoms with Crippen LogP contribution < -0.4 is 11.2 Å². The largest absolute Gasteiger partial charge is 0.394 e. The molecule has 0 unspecified atom stereocenters. The first kappa shape index (κ1) is 9.98. The minimum Gasteiger partial charge on any atom is -0.394 e. The van der Waals surface area contributed by atoms with Crippen molar-refractivity contribution in [1.29, 1.82) is 0 Å². The average Bonchev–Trinajstić information content (AvgIpc) is 2.21. The van der Waals surface area contributed by atoms with E-state index in [2.05, 4.69) is 16.1 Å². The van der Waals surface area contributed by atoms with E-state index in [9.17, 15) is 9.59 Å². The highest BCUT2D eigenvalue weighted by Crippen LogP contribution is 2.05. The first-order valence-electron chi connectivity index (χ1n) is 3.76. The Hall–Kier alpha value is -2.10. The van der Waals surface area contributed by atoms with Gasteiger partial charge in [-0.2, -0.15) is 5.90 Å². The Morgan fingerprint density at radius 2 is 2.00 bits per heavy atom. The van der Waals surface area contributed by atoms with Crippen molar-refractivity contribution in [3.63, 3.8) is 0 Å². The van der Waals surface area contributed by atoms with Gasteiger partial charge in [0, 0.05) is 5.69 Å². The molecule has 1 amide bonds. The molecule has 5 nitrogen and oxygen atoms in total. The van der Waals surface area contributed by atoms with Gasteiger partial charge in [0.15, 0.2) is 5.94 Å². The number of benzene rings is 1. The molecular weight excluding hydrogens is 184 g/mol. The third kappa shape index (κ3) is 2.45. The van der Waals surface area contributed by atoms with Crippen LogP contribution in [0.25, 0.3) is 0 Å². The summed E-state index contributed by atoms with van der Waals surface area (Å²) in [5.41, 5.74) is 0.544. The van der Waals surface area contributed by atoms with Gasteiger partial charge < -0.3 is 10.2 Å². The zero-order valence-corrected chi connectivity index (χ0v) is 7.19. The minimum absolute atomic E-state index is 0.544. The third-order valence-electron chi connectivity index (χ3n) is 1.45. The van der Waals surface area contributed by atoms with Crippen LogP contribution in [0.4, 0.5) is 5.69 Å². The van der Waals surface area contributed by atoms with Crippen molar-refractivity contribution in [3.05, 3.63) is 36.1 Å². The standard InChI is InChI=1S/C9H8N2O3/c10-14-8(6-12)9(13)11-7-4-2-1-3-5-7/h1-5H,10H2,(H,11,13). The van der Waals surface area contributed by atoms with E-state index in [4.69, 9.17) is 0 Å². The number of anilines is 1. The summed E-state index contributed by atoms with van der Waals surface area (Å²) < 4.78 is 0. The van der Waals surface area contributed by atoms with Gasteiger partial charge in [0.05, 0.1) is 0 Å². The summed E-state index contributed by atoms with van der Waals surface area (Å²) in [6.45, 7) is 0. The van der Waals surface area contributed by atoms with E-state index in [1.165, 1.54) is 5.94 Å². The van der Waals surface area contributed by atoms with Crippen LogP contribution in [0.2, 0.25) is 0 Å². The fraction of sp³-hybridized carbons (Fsp3) is 0. The summed E-state index contributed by atoms with van der Waals surface area (Å²) in [5, 5.41) is 2.40.